The van der Waals surface area contributed by atoms with Crippen LogP contribution in [0, 0.1) is 5.82 Å². The molecule has 0 aliphatic heterocycles. The van der Waals surface area contributed by atoms with E-state index in [1.807, 2.05) is 48.5 Å². The van der Waals surface area contributed by atoms with E-state index in [2.05, 4.69) is 5.32 Å². The van der Waals surface area contributed by atoms with E-state index in [1.165, 1.54) is 12.2 Å². The Bertz CT molecular complexity index is 1130. The second kappa shape index (κ2) is 8.86. The maximum absolute atomic E-state index is 13.8. The molecule has 4 rings (SSSR count). The van der Waals surface area contributed by atoms with Gasteiger partial charge in [0.25, 0.3) is 0 Å². The molecule has 3 aromatic rings. The first-order chi connectivity index (χ1) is 15.3. The molecule has 0 saturated heterocycles. The number of benzene rings is 3. The van der Waals surface area contributed by atoms with Crippen molar-refractivity contribution in [2.45, 2.75) is 12.1 Å². The molecule has 0 atom stereocenters. The topological polar surface area (TPSA) is 38.3 Å². The number of nitrogens with one attached hydrogen (secondary N) is 1. The summed E-state index contributed by atoms with van der Waals surface area (Å²) in [5.41, 5.74) is 3.38. The minimum atomic E-state index is -4.60. The van der Waals surface area contributed by atoms with Crippen molar-refractivity contribution in [3.05, 3.63) is 101 Å². The Kier molecular flexibility index (Phi) is 5.99. The first-order valence-electron chi connectivity index (χ1n) is 9.96. The third-order valence-electron chi connectivity index (χ3n) is 5.33. The summed E-state index contributed by atoms with van der Waals surface area (Å²) in [4.78, 5) is 12.1. The van der Waals surface area contributed by atoms with Gasteiger partial charge in [-0.1, -0.05) is 66.7 Å². The van der Waals surface area contributed by atoms with Gasteiger partial charge in [-0.2, -0.15) is 13.2 Å². The van der Waals surface area contributed by atoms with Crippen molar-refractivity contribution in [2.75, 3.05) is 13.2 Å². The van der Waals surface area contributed by atoms with E-state index in [0.29, 0.717) is 6.07 Å². The van der Waals surface area contributed by atoms with Crippen molar-refractivity contribution in [1.29, 1.82) is 0 Å². The largest absolute Gasteiger partial charge is 0.449 e. The molecule has 0 bridgehead atoms. The Morgan fingerprint density at radius 2 is 1.59 bits per heavy atom. The molecule has 7 heteroatoms. The molecule has 164 valence electrons. The highest BCUT2D eigenvalue weighted by molar-refractivity contribution is 5.79. The van der Waals surface area contributed by atoms with Crippen LogP contribution in [0.4, 0.5) is 22.4 Å². The van der Waals surface area contributed by atoms with E-state index in [-0.39, 0.29) is 24.6 Å². The average molecular weight is 441 g/mol. The standard InChI is InChI=1S/C25H19F4NO2/c26-23-14-17(25(27,28)29)12-11-16(23)6-5-13-30-24(31)32-15-22-20-9-3-1-7-18(20)19-8-2-4-10-21(19)22/h1-12,14,22H,13,15H2,(H,30,31). The van der Waals surface area contributed by atoms with Crippen LogP contribution in [0.5, 0.6) is 0 Å². The molecule has 32 heavy (non-hydrogen) atoms. The van der Waals surface area contributed by atoms with Gasteiger partial charge in [-0.15, -0.1) is 0 Å². The van der Waals surface area contributed by atoms with Crippen LogP contribution in [-0.4, -0.2) is 19.2 Å². The minimum Gasteiger partial charge on any atom is -0.449 e. The molecule has 1 aliphatic rings. The maximum atomic E-state index is 13.8. The van der Waals surface area contributed by atoms with Gasteiger partial charge in [0, 0.05) is 18.0 Å². The molecular formula is C25H19F4NO2. The van der Waals surface area contributed by atoms with Crippen LogP contribution in [0.2, 0.25) is 0 Å². The van der Waals surface area contributed by atoms with Crippen LogP contribution in [0.15, 0.2) is 72.8 Å². The third-order valence-corrected chi connectivity index (χ3v) is 5.33. The fraction of sp³-hybridized carbons (Fsp3) is 0.160. The lowest BCUT2D eigenvalue weighted by atomic mass is 9.98. The fourth-order valence-corrected chi connectivity index (χ4v) is 3.82. The number of fused-ring (bicyclic) bond motifs is 3. The molecule has 0 saturated carbocycles. The number of alkyl carbamates (subject to hydrolysis) is 1. The Morgan fingerprint density at radius 1 is 0.969 bits per heavy atom. The number of amides is 1. The maximum Gasteiger partial charge on any atom is 0.416 e. The second-order valence-corrected chi connectivity index (χ2v) is 7.34. The molecular weight excluding hydrogens is 422 g/mol. The van der Waals surface area contributed by atoms with Crippen molar-refractivity contribution < 1.29 is 27.1 Å². The molecule has 0 radical (unpaired) electrons. The molecule has 1 aliphatic carbocycles. The molecule has 0 heterocycles. The summed E-state index contributed by atoms with van der Waals surface area (Å²) in [5, 5.41) is 2.53. The Labute approximate surface area is 182 Å². The molecule has 3 aromatic carbocycles. The van der Waals surface area contributed by atoms with Crippen LogP contribution in [0.25, 0.3) is 17.2 Å². The zero-order valence-corrected chi connectivity index (χ0v) is 16.8. The summed E-state index contributed by atoms with van der Waals surface area (Å²) < 4.78 is 57.0. The van der Waals surface area contributed by atoms with E-state index in [4.69, 9.17) is 4.74 Å². The van der Waals surface area contributed by atoms with Crippen LogP contribution in [0.1, 0.15) is 28.2 Å². The van der Waals surface area contributed by atoms with E-state index in [1.54, 1.807) is 0 Å². The van der Waals surface area contributed by atoms with Gasteiger partial charge in [-0.05, 0) is 34.4 Å². The van der Waals surface area contributed by atoms with Crippen LogP contribution < -0.4 is 5.32 Å². The van der Waals surface area contributed by atoms with E-state index in [0.717, 1.165) is 34.4 Å². The normalized spacial score (nSPS) is 13.1. The van der Waals surface area contributed by atoms with E-state index >= 15 is 0 Å². The smallest absolute Gasteiger partial charge is 0.416 e. The summed E-state index contributed by atoms with van der Waals surface area (Å²) >= 11 is 0. The number of alkyl halides is 3. The van der Waals surface area contributed by atoms with E-state index < -0.39 is 23.7 Å². The van der Waals surface area contributed by atoms with Gasteiger partial charge in [0.05, 0.1) is 5.56 Å². The van der Waals surface area contributed by atoms with E-state index in [9.17, 15) is 22.4 Å². The van der Waals surface area contributed by atoms with Gasteiger partial charge in [0.15, 0.2) is 0 Å². The highest BCUT2D eigenvalue weighted by Crippen LogP contribution is 2.44. The van der Waals surface area contributed by atoms with Crippen molar-refractivity contribution in [1.82, 2.24) is 5.32 Å². The fourth-order valence-electron chi connectivity index (χ4n) is 3.82. The Morgan fingerprint density at radius 3 is 2.19 bits per heavy atom. The van der Waals surface area contributed by atoms with Crippen LogP contribution in [-0.2, 0) is 10.9 Å². The van der Waals surface area contributed by atoms with Gasteiger partial charge in [-0.25, -0.2) is 9.18 Å². The lowest BCUT2D eigenvalue weighted by molar-refractivity contribution is -0.137. The predicted octanol–water partition coefficient (Wildman–Crippen LogP) is 6.40. The lowest BCUT2D eigenvalue weighted by Crippen LogP contribution is -2.26. The number of carbonyl (C=O) groups excluding carboxylic acids is 1. The third kappa shape index (κ3) is 4.51. The Balaban J connectivity index is 1.32. The number of rotatable bonds is 5. The number of carbonyl (C=O) groups is 1. The van der Waals surface area contributed by atoms with Crippen molar-refractivity contribution in [3.8, 4) is 11.1 Å². The molecule has 3 nitrogen and oxygen atoms in total. The zero-order chi connectivity index (χ0) is 22.7. The quantitative estimate of drug-likeness (QED) is 0.466. The molecule has 1 N–H and O–H groups in total. The average Bonchev–Trinajstić information content (AvgIpc) is 3.09. The summed E-state index contributed by atoms with van der Waals surface area (Å²) in [6.07, 6.45) is -2.49. The Hall–Kier alpha value is -3.61. The number of hydrogen-bond acceptors (Lipinski definition) is 2. The summed E-state index contributed by atoms with van der Waals surface area (Å²) in [7, 11) is 0. The number of halogens is 4. The first-order valence-corrected chi connectivity index (χ1v) is 9.96. The second-order valence-electron chi connectivity index (χ2n) is 7.34. The first kappa shape index (κ1) is 21.6. The summed E-state index contributed by atoms with van der Waals surface area (Å²) in [6.45, 7) is 0.203. The van der Waals surface area contributed by atoms with Gasteiger partial charge < -0.3 is 10.1 Å². The van der Waals surface area contributed by atoms with Crippen molar-refractivity contribution in [2.24, 2.45) is 0 Å². The molecule has 0 fully saturated rings. The highest BCUT2D eigenvalue weighted by Gasteiger charge is 2.31. The van der Waals surface area contributed by atoms with Gasteiger partial charge in [0.1, 0.15) is 12.4 Å². The van der Waals surface area contributed by atoms with Crippen LogP contribution >= 0.6 is 0 Å². The minimum absolute atomic E-state index is 0.00710. The number of hydrogen-bond donors (Lipinski definition) is 1. The molecule has 0 aromatic heterocycles. The zero-order valence-electron chi connectivity index (χ0n) is 16.8. The predicted molar refractivity (Wildman–Crippen MR) is 114 cm³/mol. The summed E-state index contributed by atoms with van der Waals surface area (Å²) in [5.74, 6) is -1.05. The number of ether oxygens (including phenoxy) is 1. The van der Waals surface area contributed by atoms with Crippen molar-refractivity contribution in [3.63, 3.8) is 0 Å². The summed E-state index contributed by atoms with van der Waals surface area (Å²) in [6, 6.07) is 18.2. The van der Waals surface area contributed by atoms with Gasteiger partial charge in [-0.3, -0.25) is 0 Å². The molecule has 0 unspecified atom stereocenters. The lowest BCUT2D eigenvalue weighted by Gasteiger charge is -2.14. The van der Waals surface area contributed by atoms with Gasteiger partial charge in [0.2, 0.25) is 0 Å². The SMILES string of the molecule is O=C(NCC=Cc1ccc(C(F)(F)F)cc1F)OCC1c2ccccc2-c2ccccc21. The monoisotopic (exact) mass is 441 g/mol. The van der Waals surface area contributed by atoms with Crippen LogP contribution in [0.3, 0.4) is 0 Å². The molecule has 0 spiro atoms. The van der Waals surface area contributed by atoms with Crippen molar-refractivity contribution >= 4 is 12.2 Å². The highest BCUT2D eigenvalue weighted by atomic mass is 19.4. The molecule has 1 amide bonds. The van der Waals surface area contributed by atoms with Gasteiger partial charge >= 0.3 is 12.3 Å².